The molecule has 0 bridgehead atoms. The molecule has 0 aliphatic heterocycles. The molecule has 0 saturated carbocycles. The summed E-state index contributed by atoms with van der Waals surface area (Å²) in [6.45, 7) is 3.85. The third-order valence-corrected chi connectivity index (χ3v) is 4.98. The van der Waals surface area contributed by atoms with Gasteiger partial charge in [0, 0.05) is 8.95 Å². The van der Waals surface area contributed by atoms with E-state index in [0.717, 1.165) is 26.1 Å². The standard InChI is InChI=1S/C14H15Br2NO4/c1-7-5-9(13(16)8(2)12(7)15)17-10(14(19)21-4)6-11(18)20-3/h5-6,17H,1-4H3/b10-6+. The Hall–Kier alpha value is -1.34. The van der Waals surface area contributed by atoms with E-state index in [1.54, 1.807) is 0 Å². The molecule has 0 unspecified atom stereocenters. The number of esters is 2. The first-order chi connectivity index (χ1) is 9.81. The van der Waals surface area contributed by atoms with Crippen molar-refractivity contribution in [3.8, 4) is 0 Å². The second-order valence-electron chi connectivity index (χ2n) is 4.19. The summed E-state index contributed by atoms with van der Waals surface area (Å²) < 4.78 is 10.9. The molecule has 7 heteroatoms. The van der Waals surface area contributed by atoms with Crippen molar-refractivity contribution >= 4 is 49.5 Å². The number of anilines is 1. The number of carbonyl (C=O) groups excluding carboxylic acids is 2. The summed E-state index contributed by atoms with van der Waals surface area (Å²) >= 11 is 6.95. The minimum absolute atomic E-state index is 0.00817. The van der Waals surface area contributed by atoms with Crippen LogP contribution in [-0.4, -0.2) is 26.2 Å². The fraction of sp³-hybridized carbons (Fsp3) is 0.286. The van der Waals surface area contributed by atoms with Crippen LogP contribution in [0.25, 0.3) is 0 Å². The maximum Gasteiger partial charge on any atom is 0.354 e. The largest absolute Gasteiger partial charge is 0.466 e. The summed E-state index contributed by atoms with van der Waals surface area (Å²) in [5.74, 6) is -1.31. The highest BCUT2D eigenvalue weighted by atomic mass is 79.9. The van der Waals surface area contributed by atoms with Crippen LogP contribution in [-0.2, 0) is 19.1 Å². The molecule has 0 aliphatic carbocycles. The molecule has 1 aromatic carbocycles. The Balaban J connectivity index is 3.25. The Morgan fingerprint density at radius 1 is 1.14 bits per heavy atom. The highest BCUT2D eigenvalue weighted by Gasteiger charge is 2.16. The lowest BCUT2D eigenvalue weighted by Crippen LogP contribution is -2.16. The zero-order valence-corrected chi connectivity index (χ0v) is 15.2. The number of halogens is 2. The lowest BCUT2D eigenvalue weighted by Gasteiger charge is -2.15. The molecule has 1 rings (SSSR count). The van der Waals surface area contributed by atoms with Crippen LogP contribution in [0.2, 0.25) is 0 Å². The quantitative estimate of drug-likeness (QED) is 0.596. The van der Waals surface area contributed by atoms with Crippen molar-refractivity contribution in [3.63, 3.8) is 0 Å². The SMILES string of the molecule is COC(=O)/C=C(/Nc1cc(C)c(Br)c(C)c1Br)C(=O)OC. The molecule has 0 saturated heterocycles. The number of methoxy groups -OCH3 is 2. The minimum atomic E-state index is -0.662. The first-order valence-electron chi connectivity index (χ1n) is 5.92. The predicted molar refractivity (Wildman–Crippen MR) is 87.1 cm³/mol. The molecule has 0 radical (unpaired) electrons. The molecule has 0 heterocycles. The number of ether oxygens (including phenoxy) is 2. The third-order valence-electron chi connectivity index (χ3n) is 2.74. The van der Waals surface area contributed by atoms with Crippen molar-refractivity contribution in [1.29, 1.82) is 0 Å². The van der Waals surface area contributed by atoms with Gasteiger partial charge in [0.1, 0.15) is 5.70 Å². The molecule has 0 amide bonds. The highest BCUT2D eigenvalue weighted by molar-refractivity contribution is 9.11. The fourth-order valence-corrected chi connectivity index (χ4v) is 2.60. The van der Waals surface area contributed by atoms with E-state index in [1.165, 1.54) is 14.2 Å². The van der Waals surface area contributed by atoms with Crippen LogP contribution in [0.1, 0.15) is 11.1 Å². The number of rotatable bonds is 4. The van der Waals surface area contributed by atoms with Crippen molar-refractivity contribution in [1.82, 2.24) is 0 Å². The van der Waals surface area contributed by atoms with Gasteiger partial charge in [-0.25, -0.2) is 9.59 Å². The normalized spacial score (nSPS) is 11.0. The van der Waals surface area contributed by atoms with Gasteiger partial charge in [0.05, 0.1) is 26.0 Å². The summed E-state index contributed by atoms with van der Waals surface area (Å²) in [5.41, 5.74) is 2.60. The van der Waals surface area contributed by atoms with E-state index < -0.39 is 11.9 Å². The van der Waals surface area contributed by atoms with Gasteiger partial charge >= 0.3 is 11.9 Å². The molecule has 114 valence electrons. The number of benzene rings is 1. The molecular weight excluding hydrogens is 406 g/mol. The molecular formula is C14H15Br2NO4. The predicted octanol–water partition coefficient (Wildman–Crippen LogP) is 3.47. The Kier molecular flexibility index (Phi) is 6.42. The van der Waals surface area contributed by atoms with Gasteiger partial charge in [-0.2, -0.15) is 0 Å². The van der Waals surface area contributed by atoms with Gasteiger partial charge < -0.3 is 14.8 Å². The third kappa shape index (κ3) is 4.31. The Morgan fingerprint density at radius 2 is 1.76 bits per heavy atom. The molecule has 5 nitrogen and oxygen atoms in total. The van der Waals surface area contributed by atoms with Gasteiger partial charge in [-0.1, -0.05) is 15.9 Å². The maximum atomic E-state index is 11.7. The van der Waals surface area contributed by atoms with Crippen LogP contribution < -0.4 is 5.32 Å². The second kappa shape index (κ2) is 7.61. The molecule has 0 spiro atoms. The number of aryl methyl sites for hydroxylation is 1. The van der Waals surface area contributed by atoms with Gasteiger partial charge in [-0.05, 0) is 47.0 Å². The molecule has 21 heavy (non-hydrogen) atoms. The maximum absolute atomic E-state index is 11.7. The van der Waals surface area contributed by atoms with Gasteiger partial charge in [-0.3, -0.25) is 0 Å². The number of hydrogen-bond acceptors (Lipinski definition) is 5. The van der Waals surface area contributed by atoms with Crippen LogP contribution in [0.5, 0.6) is 0 Å². The second-order valence-corrected chi connectivity index (χ2v) is 5.78. The monoisotopic (exact) mass is 419 g/mol. The summed E-state index contributed by atoms with van der Waals surface area (Å²) in [7, 11) is 2.47. The summed E-state index contributed by atoms with van der Waals surface area (Å²) in [4.78, 5) is 23.1. The first kappa shape index (κ1) is 17.7. The molecule has 1 N–H and O–H groups in total. The average molecular weight is 421 g/mol. The van der Waals surface area contributed by atoms with E-state index >= 15 is 0 Å². The van der Waals surface area contributed by atoms with Gasteiger partial charge in [0.15, 0.2) is 0 Å². The zero-order valence-electron chi connectivity index (χ0n) is 12.0. The van der Waals surface area contributed by atoms with Crippen molar-refractivity contribution in [2.24, 2.45) is 0 Å². The molecule has 1 aromatic rings. The Bertz CT molecular complexity index is 611. The van der Waals surface area contributed by atoms with E-state index in [2.05, 4.69) is 46.7 Å². The lowest BCUT2D eigenvalue weighted by atomic mass is 10.1. The van der Waals surface area contributed by atoms with Gasteiger partial charge in [-0.15, -0.1) is 0 Å². The molecule has 0 fully saturated rings. The first-order valence-corrected chi connectivity index (χ1v) is 7.50. The van der Waals surface area contributed by atoms with Crippen molar-refractivity contribution in [2.45, 2.75) is 13.8 Å². The number of carbonyl (C=O) groups is 2. The van der Waals surface area contributed by atoms with Gasteiger partial charge in [0.2, 0.25) is 0 Å². The molecule has 0 atom stereocenters. The van der Waals surface area contributed by atoms with Crippen LogP contribution >= 0.6 is 31.9 Å². The van der Waals surface area contributed by atoms with E-state index in [4.69, 9.17) is 0 Å². The van der Waals surface area contributed by atoms with E-state index in [9.17, 15) is 9.59 Å². The topological polar surface area (TPSA) is 64.6 Å². The minimum Gasteiger partial charge on any atom is -0.466 e. The average Bonchev–Trinajstić information content (AvgIpc) is 2.48. The van der Waals surface area contributed by atoms with E-state index in [1.807, 2.05) is 19.9 Å². The van der Waals surface area contributed by atoms with Gasteiger partial charge in [0.25, 0.3) is 0 Å². The zero-order chi connectivity index (χ0) is 16.2. The van der Waals surface area contributed by atoms with Crippen LogP contribution in [0.3, 0.4) is 0 Å². The van der Waals surface area contributed by atoms with E-state index in [0.29, 0.717) is 5.69 Å². The summed E-state index contributed by atoms with van der Waals surface area (Å²) in [5, 5.41) is 2.89. The van der Waals surface area contributed by atoms with Crippen molar-refractivity contribution in [2.75, 3.05) is 19.5 Å². The number of nitrogens with one attached hydrogen (secondary N) is 1. The summed E-state index contributed by atoms with van der Waals surface area (Å²) in [6, 6.07) is 1.84. The Labute approximate surface area is 139 Å². The Morgan fingerprint density at radius 3 is 2.29 bits per heavy atom. The van der Waals surface area contributed by atoms with Crippen LogP contribution in [0.4, 0.5) is 5.69 Å². The summed E-state index contributed by atoms with van der Waals surface area (Å²) in [6.07, 6.45) is 1.05. The molecule has 0 aliphatic rings. The smallest absolute Gasteiger partial charge is 0.354 e. The molecule has 0 aromatic heterocycles. The van der Waals surface area contributed by atoms with Crippen molar-refractivity contribution < 1.29 is 19.1 Å². The fourth-order valence-electron chi connectivity index (χ4n) is 1.61. The van der Waals surface area contributed by atoms with E-state index in [-0.39, 0.29) is 5.70 Å². The lowest BCUT2D eigenvalue weighted by molar-refractivity contribution is -0.138. The van der Waals surface area contributed by atoms with Crippen molar-refractivity contribution in [3.05, 3.63) is 37.9 Å². The van der Waals surface area contributed by atoms with Crippen LogP contribution in [0.15, 0.2) is 26.8 Å². The van der Waals surface area contributed by atoms with Crippen LogP contribution in [0, 0.1) is 13.8 Å². The number of hydrogen-bond donors (Lipinski definition) is 1. The highest BCUT2D eigenvalue weighted by Crippen LogP contribution is 2.35.